The van der Waals surface area contributed by atoms with Crippen molar-refractivity contribution < 1.29 is 4.79 Å². The number of carbonyl (C=O) groups is 1. The van der Waals surface area contributed by atoms with Crippen LogP contribution in [-0.2, 0) is 24.2 Å². The molecule has 1 aromatic heterocycles. The molecule has 118 valence electrons. The predicted molar refractivity (Wildman–Crippen MR) is 86.1 cm³/mol. The average Bonchev–Trinajstić information content (AvgIpc) is 2.98. The molecular formula is C18H19N3O2. The van der Waals surface area contributed by atoms with Gasteiger partial charge in [-0.1, -0.05) is 24.3 Å². The number of nitrogens with one attached hydrogen (secondary N) is 1. The van der Waals surface area contributed by atoms with Crippen LogP contribution in [0.2, 0.25) is 0 Å². The molecule has 1 aliphatic carbocycles. The Labute approximate surface area is 134 Å². The van der Waals surface area contributed by atoms with E-state index in [1.54, 1.807) is 0 Å². The largest absolute Gasteiger partial charge is 0.336 e. The van der Waals surface area contributed by atoms with Gasteiger partial charge in [0.2, 0.25) is 5.91 Å². The van der Waals surface area contributed by atoms with E-state index in [4.69, 9.17) is 0 Å². The molecule has 0 radical (unpaired) electrons. The molecule has 1 atom stereocenters. The predicted octanol–water partition coefficient (Wildman–Crippen LogP) is 1.77. The summed E-state index contributed by atoms with van der Waals surface area (Å²) in [7, 11) is 0. The van der Waals surface area contributed by atoms with Crippen molar-refractivity contribution in [2.45, 2.75) is 38.1 Å². The minimum Gasteiger partial charge on any atom is -0.336 e. The van der Waals surface area contributed by atoms with Gasteiger partial charge in [-0.3, -0.25) is 9.59 Å². The van der Waals surface area contributed by atoms with Crippen LogP contribution < -0.4 is 5.56 Å². The summed E-state index contributed by atoms with van der Waals surface area (Å²) >= 11 is 0. The molecule has 2 heterocycles. The van der Waals surface area contributed by atoms with Crippen LogP contribution >= 0.6 is 0 Å². The van der Waals surface area contributed by atoms with Crippen LogP contribution in [0.15, 0.2) is 35.4 Å². The Balaban J connectivity index is 1.48. The van der Waals surface area contributed by atoms with Crippen LogP contribution in [0, 0.1) is 0 Å². The van der Waals surface area contributed by atoms with Crippen LogP contribution in [0.1, 0.15) is 41.1 Å². The molecule has 2 aromatic rings. The van der Waals surface area contributed by atoms with Gasteiger partial charge in [0.15, 0.2) is 0 Å². The molecular weight excluding hydrogens is 290 g/mol. The number of hydrogen-bond acceptors (Lipinski definition) is 3. The van der Waals surface area contributed by atoms with Crippen molar-refractivity contribution in [3.8, 4) is 0 Å². The molecule has 0 saturated carbocycles. The van der Waals surface area contributed by atoms with E-state index in [9.17, 15) is 9.59 Å². The second-order valence-electron chi connectivity index (χ2n) is 6.36. The Morgan fingerprint density at radius 1 is 1.30 bits per heavy atom. The van der Waals surface area contributed by atoms with Crippen LogP contribution in [0.5, 0.6) is 0 Å². The zero-order valence-electron chi connectivity index (χ0n) is 12.9. The maximum atomic E-state index is 12.7. The highest BCUT2D eigenvalue weighted by molar-refractivity contribution is 5.77. The maximum absolute atomic E-state index is 12.7. The van der Waals surface area contributed by atoms with Crippen LogP contribution in [0.3, 0.4) is 0 Å². The fourth-order valence-electron chi connectivity index (χ4n) is 3.78. The molecule has 1 N–H and O–H groups in total. The van der Waals surface area contributed by atoms with Crippen molar-refractivity contribution in [3.05, 3.63) is 63.3 Å². The SMILES string of the molecule is O=C(C[C@H]1CCc2ccccc21)N1CCc2c(nc[nH]c2=O)C1. The van der Waals surface area contributed by atoms with Gasteiger partial charge in [0.25, 0.3) is 5.56 Å². The standard InChI is InChI=1S/C18H19N3O2/c22-17(9-13-6-5-12-3-1-2-4-14(12)13)21-8-7-15-16(10-21)19-11-20-18(15)23/h1-4,11,13H,5-10H2,(H,19,20,23)/t13-/m1/s1. The molecule has 2 aliphatic rings. The summed E-state index contributed by atoms with van der Waals surface area (Å²) < 4.78 is 0. The van der Waals surface area contributed by atoms with Gasteiger partial charge < -0.3 is 9.88 Å². The van der Waals surface area contributed by atoms with Gasteiger partial charge in [-0.15, -0.1) is 0 Å². The van der Waals surface area contributed by atoms with Gasteiger partial charge in [-0.25, -0.2) is 4.98 Å². The number of aromatic nitrogens is 2. The molecule has 4 rings (SSSR count). The number of amides is 1. The number of nitrogens with zero attached hydrogens (tertiary/aromatic N) is 2. The van der Waals surface area contributed by atoms with Crippen molar-refractivity contribution in [2.24, 2.45) is 0 Å². The van der Waals surface area contributed by atoms with E-state index in [1.807, 2.05) is 4.90 Å². The maximum Gasteiger partial charge on any atom is 0.254 e. The van der Waals surface area contributed by atoms with E-state index in [0.29, 0.717) is 31.8 Å². The van der Waals surface area contributed by atoms with Gasteiger partial charge in [0.1, 0.15) is 0 Å². The van der Waals surface area contributed by atoms with Crippen LogP contribution in [-0.4, -0.2) is 27.3 Å². The van der Waals surface area contributed by atoms with Gasteiger partial charge in [0, 0.05) is 18.5 Å². The first-order chi connectivity index (χ1) is 11.2. The molecule has 0 unspecified atom stereocenters. The van der Waals surface area contributed by atoms with Gasteiger partial charge in [0.05, 0.1) is 18.6 Å². The van der Waals surface area contributed by atoms with E-state index in [1.165, 1.54) is 17.5 Å². The lowest BCUT2D eigenvalue weighted by Crippen LogP contribution is -2.39. The second kappa shape index (κ2) is 5.65. The van der Waals surface area contributed by atoms with E-state index < -0.39 is 0 Å². The summed E-state index contributed by atoms with van der Waals surface area (Å²) in [4.78, 5) is 33.1. The Hall–Kier alpha value is -2.43. The lowest BCUT2D eigenvalue weighted by molar-refractivity contribution is -0.132. The fourth-order valence-corrected chi connectivity index (χ4v) is 3.78. The zero-order chi connectivity index (χ0) is 15.8. The highest BCUT2D eigenvalue weighted by Gasteiger charge is 2.28. The third kappa shape index (κ3) is 2.56. The van der Waals surface area contributed by atoms with Gasteiger partial charge in [-0.05, 0) is 36.3 Å². The Morgan fingerprint density at radius 3 is 3.09 bits per heavy atom. The number of benzene rings is 1. The molecule has 1 aliphatic heterocycles. The molecule has 0 saturated heterocycles. The number of aromatic amines is 1. The molecule has 0 bridgehead atoms. The van der Waals surface area contributed by atoms with Crippen molar-refractivity contribution in [2.75, 3.05) is 6.54 Å². The molecule has 5 nitrogen and oxygen atoms in total. The van der Waals surface area contributed by atoms with E-state index >= 15 is 0 Å². The van der Waals surface area contributed by atoms with Crippen LogP contribution in [0.25, 0.3) is 0 Å². The van der Waals surface area contributed by atoms with Gasteiger partial charge >= 0.3 is 0 Å². The third-order valence-corrected chi connectivity index (χ3v) is 5.04. The first kappa shape index (κ1) is 14.2. The van der Waals surface area contributed by atoms with Crippen molar-refractivity contribution in [1.29, 1.82) is 0 Å². The monoisotopic (exact) mass is 309 g/mol. The molecule has 1 aromatic carbocycles. The average molecular weight is 309 g/mol. The third-order valence-electron chi connectivity index (χ3n) is 5.04. The lowest BCUT2D eigenvalue weighted by Gasteiger charge is -2.28. The highest BCUT2D eigenvalue weighted by atomic mass is 16.2. The minimum atomic E-state index is -0.0770. The summed E-state index contributed by atoms with van der Waals surface area (Å²) in [6.07, 6.45) is 4.67. The van der Waals surface area contributed by atoms with E-state index in [2.05, 4.69) is 34.2 Å². The van der Waals surface area contributed by atoms with Crippen molar-refractivity contribution in [3.63, 3.8) is 0 Å². The van der Waals surface area contributed by atoms with Crippen LogP contribution in [0.4, 0.5) is 0 Å². The minimum absolute atomic E-state index is 0.0770. The molecule has 5 heteroatoms. The first-order valence-electron chi connectivity index (χ1n) is 8.13. The smallest absolute Gasteiger partial charge is 0.254 e. The number of fused-ring (bicyclic) bond motifs is 2. The molecule has 1 amide bonds. The highest BCUT2D eigenvalue weighted by Crippen LogP contribution is 2.35. The lowest BCUT2D eigenvalue weighted by atomic mass is 9.96. The summed E-state index contributed by atoms with van der Waals surface area (Å²) in [6, 6.07) is 8.42. The number of hydrogen-bond donors (Lipinski definition) is 1. The Kier molecular flexibility index (Phi) is 3.48. The van der Waals surface area contributed by atoms with E-state index in [-0.39, 0.29) is 11.5 Å². The topological polar surface area (TPSA) is 66.1 Å². The zero-order valence-corrected chi connectivity index (χ0v) is 12.9. The number of rotatable bonds is 2. The molecule has 0 spiro atoms. The number of carbonyl (C=O) groups excluding carboxylic acids is 1. The fraction of sp³-hybridized carbons (Fsp3) is 0.389. The summed E-state index contributed by atoms with van der Waals surface area (Å²) in [6.45, 7) is 1.06. The molecule has 23 heavy (non-hydrogen) atoms. The first-order valence-corrected chi connectivity index (χ1v) is 8.13. The normalized spacial score (nSPS) is 19.3. The van der Waals surface area contributed by atoms with Gasteiger partial charge in [-0.2, -0.15) is 0 Å². The summed E-state index contributed by atoms with van der Waals surface area (Å²) in [5.41, 5.74) is 4.09. The Morgan fingerprint density at radius 2 is 2.17 bits per heavy atom. The summed E-state index contributed by atoms with van der Waals surface area (Å²) in [5, 5.41) is 0. The van der Waals surface area contributed by atoms with E-state index in [0.717, 1.165) is 24.1 Å². The van der Waals surface area contributed by atoms with Crippen molar-refractivity contribution in [1.82, 2.24) is 14.9 Å². The quantitative estimate of drug-likeness (QED) is 0.919. The number of aryl methyl sites for hydroxylation is 1. The Bertz CT molecular complexity index is 812. The molecule has 0 fully saturated rings. The number of H-pyrrole nitrogens is 1. The summed E-state index contributed by atoms with van der Waals surface area (Å²) in [5.74, 6) is 0.492. The van der Waals surface area contributed by atoms with Crippen molar-refractivity contribution >= 4 is 5.91 Å². The second-order valence-corrected chi connectivity index (χ2v) is 6.36.